The Kier molecular flexibility index (Phi) is 3.27. The van der Waals surface area contributed by atoms with Crippen molar-refractivity contribution in [3.05, 3.63) is 0 Å². The minimum Gasteiger partial charge on any atom is -0.267 e. The third-order valence-electron chi connectivity index (χ3n) is 0.563. The molecule has 0 atom stereocenters. The SMILES string of the molecule is O=C1C=NN(O)NN1.[Li]. The van der Waals surface area contributed by atoms with E-state index in [1.807, 2.05) is 5.53 Å². The van der Waals surface area contributed by atoms with Crippen LogP contribution in [-0.2, 0) is 4.79 Å². The monoisotopic (exact) mass is 123 g/mol. The molecule has 1 aliphatic rings. The molecule has 0 aromatic rings. The predicted octanol–water partition coefficient (Wildman–Crippen LogP) is -2.17. The molecule has 3 N–H and O–H groups in total. The van der Waals surface area contributed by atoms with Gasteiger partial charge in [0, 0.05) is 18.9 Å². The quantitative estimate of drug-likeness (QED) is 0.320. The molecule has 6 nitrogen and oxygen atoms in total. The van der Waals surface area contributed by atoms with Gasteiger partial charge in [0.2, 0.25) is 0 Å². The smallest absolute Gasteiger partial charge is 0.267 e. The summed E-state index contributed by atoms with van der Waals surface area (Å²) in [7, 11) is 0. The van der Waals surface area contributed by atoms with Crippen LogP contribution in [0.4, 0.5) is 0 Å². The minimum absolute atomic E-state index is 0. The van der Waals surface area contributed by atoms with E-state index in [9.17, 15) is 4.79 Å². The molecular formula is C2H4LiN4O2. The van der Waals surface area contributed by atoms with Crippen molar-refractivity contribution >= 4 is 31.0 Å². The van der Waals surface area contributed by atoms with Crippen LogP contribution in [0.1, 0.15) is 0 Å². The number of carbonyl (C=O) groups excluding carboxylic acids is 1. The molecule has 0 unspecified atom stereocenters. The van der Waals surface area contributed by atoms with Crippen LogP contribution in [0.3, 0.4) is 0 Å². The Labute approximate surface area is 63.0 Å². The molecule has 1 amide bonds. The third kappa shape index (κ3) is 2.48. The summed E-state index contributed by atoms with van der Waals surface area (Å²) in [6.07, 6.45) is 0.941. The van der Waals surface area contributed by atoms with Crippen LogP contribution in [0.5, 0.6) is 0 Å². The van der Waals surface area contributed by atoms with Crippen molar-refractivity contribution in [1.29, 1.82) is 0 Å². The first-order valence-corrected chi connectivity index (χ1v) is 1.87. The third-order valence-corrected chi connectivity index (χ3v) is 0.563. The number of hydrazone groups is 1. The number of amides is 1. The molecular weight excluding hydrogens is 119 g/mol. The molecule has 1 heterocycles. The molecule has 0 aromatic heterocycles. The fourth-order valence-corrected chi connectivity index (χ4v) is 0.273. The molecule has 45 valence electrons. The number of nitrogens with zero attached hydrogens (tertiary/aromatic N) is 2. The second-order valence-corrected chi connectivity index (χ2v) is 1.14. The molecule has 0 bridgehead atoms. The first-order valence-electron chi connectivity index (χ1n) is 1.87. The summed E-state index contributed by atoms with van der Waals surface area (Å²) < 4.78 is 0. The molecule has 0 saturated heterocycles. The predicted molar refractivity (Wildman–Crippen MR) is 29.1 cm³/mol. The molecule has 1 rings (SSSR count). The van der Waals surface area contributed by atoms with Crippen molar-refractivity contribution in [2.75, 3.05) is 0 Å². The summed E-state index contributed by atoms with van der Waals surface area (Å²) in [5.41, 5.74) is 4.09. The van der Waals surface area contributed by atoms with Crippen LogP contribution in [0, 0.1) is 0 Å². The van der Waals surface area contributed by atoms with E-state index >= 15 is 0 Å². The van der Waals surface area contributed by atoms with Crippen LogP contribution in [0.25, 0.3) is 0 Å². The van der Waals surface area contributed by atoms with Crippen molar-refractivity contribution in [1.82, 2.24) is 16.2 Å². The Bertz CT molecular complexity index is 137. The van der Waals surface area contributed by atoms with Gasteiger partial charge in [-0.1, -0.05) is 5.28 Å². The van der Waals surface area contributed by atoms with Crippen LogP contribution < -0.4 is 11.0 Å². The van der Waals surface area contributed by atoms with Gasteiger partial charge in [0.1, 0.15) is 6.21 Å². The average molecular weight is 123 g/mol. The van der Waals surface area contributed by atoms with Crippen molar-refractivity contribution in [2.24, 2.45) is 5.10 Å². The van der Waals surface area contributed by atoms with Gasteiger partial charge in [0.15, 0.2) is 0 Å². The van der Waals surface area contributed by atoms with Gasteiger partial charge in [-0.25, -0.2) is 0 Å². The Balaban J connectivity index is 0.000000640. The molecule has 0 spiro atoms. The molecule has 0 aliphatic carbocycles. The van der Waals surface area contributed by atoms with E-state index in [0.29, 0.717) is 5.28 Å². The second kappa shape index (κ2) is 3.48. The van der Waals surface area contributed by atoms with Gasteiger partial charge >= 0.3 is 0 Å². The van der Waals surface area contributed by atoms with Crippen LogP contribution in [0.15, 0.2) is 5.10 Å². The molecule has 0 aromatic carbocycles. The second-order valence-electron chi connectivity index (χ2n) is 1.14. The summed E-state index contributed by atoms with van der Waals surface area (Å²) in [6, 6.07) is 0. The zero-order valence-electron chi connectivity index (χ0n) is 4.83. The number of rotatable bonds is 0. The van der Waals surface area contributed by atoms with E-state index in [2.05, 4.69) is 10.5 Å². The van der Waals surface area contributed by atoms with E-state index in [1.165, 1.54) is 0 Å². The van der Waals surface area contributed by atoms with Gasteiger partial charge < -0.3 is 0 Å². The normalized spacial score (nSPS) is 16.6. The van der Waals surface area contributed by atoms with Crippen molar-refractivity contribution in [3.8, 4) is 0 Å². The maximum atomic E-state index is 10.1. The van der Waals surface area contributed by atoms with Gasteiger partial charge in [-0.3, -0.25) is 15.4 Å². The number of hydrogen-bond donors (Lipinski definition) is 3. The Morgan fingerprint density at radius 3 is 2.78 bits per heavy atom. The number of nitrogens with one attached hydrogen (secondary N) is 2. The van der Waals surface area contributed by atoms with Gasteiger partial charge in [-0.15, -0.1) is 10.6 Å². The van der Waals surface area contributed by atoms with Gasteiger partial charge in [0.05, 0.1) is 0 Å². The first kappa shape index (κ1) is 8.46. The van der Waals surface area contributed by atoms with Gasteiger partial charge in [-0.05, 0) is 0 Å². The molecule has 9 heavy (non-hydrogen) atoms. The van der Waals surface area contributed by atoms with E-state index in [0.717, 1.165) is 6.21 Å². The summed E-state index contributed by atoms with van der Waals surface area (Å²) >= 11 is 0. The fraction of sp³-hybridized carbons (Fsp3) is 0. The topological polar surface area (TPSA) is 77.0 Å². The van der Waals surface area contributed by atoms with Gasteiger partial charge in [0.25, 0.3) is 5.91 Å². The Morgan fingerprint density at radius 1 is 1.78 bits per heavy atom. The van der Waals surface area contributed by atoms with Crippen molar-refractivity contribution in [3.63, 3.8) is 0 Å². The van der Waals surface area contributed by atoms with E-state index in [1.54, 1.807) is 0 Å². The van der Waals surface area contributed by atoms with Gasteiger partial charge in [-0.2, -0.15) is 0 Å². The summed E-state index contributed by atoms with van der Waals surface area (Å²) in [6.45, 7) is 0. The van der Waals surface area contributed by atoms with Crippen molar-refractivity contribution < 1.29 is 10.0 Å². The summed E-state index contributed by atoms with van der Waals surface area (Å²) in [5.74, 6) is -0.393. The number of hydrazine groups is 2. The van der Waals surface area contributed by atoms with Crippen LogP contribution >= 0.6 is 0 Å². The largest absolute Gasteiger partial charge is 0.280 e. The Morgan fingerprint density at radius 2 is 2.44 bits per heavy atom. The van der Waals surface area contributed by atoms with E-state index in [4.69, 9.17) is 5.21 Å². The molecule has 0 saturated carbocycles. The Hall–Kier alpha value is -0.543. The molecule has 1 radical (unpaired) electrons. The first-order chi connectivity index (χ1) is 3.79. The minimum atomic E-state index is -0.393. The molecule has 7 heteroatoms. The number of hydrogen-bond acceptors (Lipinski definition) is 5. The summed E-state index contributed by atoms with van der Waals surface area (Å²) in [5, 5.41) is 11.9. The fourth-order valence-electron chi connectivity index (χ4n) is 0.273. The van der Waals surface area contributed by atoms with Crippen LogP contribution in [-0.4, -0.2) is 41.5 Å². The number of carbonyl (C=O) groups is 1. The molecule has 0 fully saturated rings. The zero-order valence-corrected chi connectivity index (χ0v) is 4.83. The van der Waals surface area contributed by atoms with Crippen molar-refractivity contribution in [2.45, 2.75) is 0 Å². The molecule has 1 aliphatic heterocycles. The average Bonchev–Trinajstić information content (AvgIpc) is 1.77. The standard InChI is InChI=1S/C2H4N4O2.Li/c7-2-1-3-6(8)5-4-2;/h1,5,8H,(H,4,7);. The van der Waals surface area contributed by atoms with Crippen LogP contribution in [0.2, 0.25) is 0 Å². The maximum Gasteiger partial charge on any atom is 0.280 e. The zero-order chi connectivity index (χ0) is 5.98. The maximum absolute atomic E-state index is 10.1. The van der Waals surface area contributed by atoms with E-state index in [-0.39, 0.29) is 18.9 Å². The van der Waals surface area contributed by atoms with E-state index < -0.39 is 5.91 Å². The summed E-state index contributed by atoms with van der Waals surface area (Å²) in [4.78, 5) is 10.1.